The van der Waals surface area contributed by atoms with Crippen molar-refractivity contribution in [2.24, 2.45) is 17.6 Å². The molecule has 1 saturated carbocycles. The third kappa shape index (κ3) is 6.89. The molecular weight excluding hydrogens is 236 g/mol. The lowest BCUT2D eigenvalue weighted by Crippen LogP contribution is -2.35. The first kappa shape index (κ1) is 16.7. The number of rotatable bonds is 6. The van der Waals surface area contributed by atoms with Crippen LogP contribution in [-0.4, -0.2) is 19.0 Å². The number of carbonyl (C=O) groups excluding carboxylic acids is 1. The van der Waals surface area contributed by atoms with E-state index in [2.05, 4.69) is 12.2 Å². The molecule has 4 heteroatoms. The minimum absolute atomic E-state index is 0. The lowest BCUT2D eigenvalue weighted by Gasteiger charge is -2.28. The van der Waals surface area contributed by atoms with E-state index in [-0.39, 0.29) is 24.9 Å². The Morgan fingerprint density at radius 3 is 2.35 bits per heavy atom. The number of halogens is 1. The Hall–Kier alpha value is -0.280. The maximum absolute atomic E-state index is 11.0. The van der Waals surface area contributed by atoms with E-state index in [1.807, 2.05) is 0 Å². The molecule has 1 fully saturated rings. The average molecular weight is 263 g/mol. The fourth-order valence-electron chi connectivity index (χ4n) is 2.55. The molecule has 0 aliphatic heterocycles. The summed E-state index contributed by atoms with van der Waals surface area (Å²) in [6, 6.07) is 0. The summed E-state index contributed by atoms with van der Waals surface area (Å²) in [6.07, 6.45) is 9.34. The van der Waals surface area contributed by atoms with Crippen LogP contribution in [-0.2, 0) is 4.79 Å². The monoisotopic (exact) mass is 262 g/mol. The molecule has 0 aromatic carbocycles. The molecule has 1 amide bonds. The Kier molecular flexibility index (Phi) is 9.56. The molecule has 0 heterocycles. The van der Waals surface area contributed by atoms with Gasteiger partial charge in [-0.15, -0.1) is 12.4 Å². The number of amides is 1. The van der Waals surface area contributed by atoms with Gasteiger partial charge in [0.05, 0.1) is 6.54 Å². The van der Waals surface area contributed by atoms with Crippen LogP contribution < -0.4 is 11.1 Å². The van der Waals surface area contributed by atoms with Crippen molar-refractivity contribution in [2.75, 3.05) is 13.1 Å². The second-order valence-electron chi connectivity index (χ2n) is 5.04. The summed E-state index contributed by atoms with van der Waals surface area (Å²) in [5.41, 5.74) is 5.25. The van der Waals surface area contributed by atoms with Crippen LogP contribution in [0, 0.1) is 11.8 Å². The largest absolute Gasteiger partial charge is 0.355 e. The van der Waals surface area contributed by atoms with Gasteiger partial charge in [-0.05, 0) is 24.7 Å². The molecule has 102 valence electrons. The third-order valence-electron chi connectivity index (χ3n) is 3.71. The highest BCUT2D eigenvalue weighted by molar-refractivity contribution is 5.85. The second kappa shape index (κ2) is 9.72. The molecule has 0 radical (unpaired) electrons. The molecule has 0 saturated heterocycles. The number of hydrogen-bond acceptors (Lipinski definition) is 2. The molecule has 17 heavy (non-hydrogen) atoms. The van der Waals surface area contributed by atoms with E-state index < -0.39 is 0 Å². The number of hydrogen-bond donors (Lipinski definition) is 2. The van der Waals surface area contributed by atoms with Crippen molar-refractivity contribution in [2.45, 2.75) is 51.9 Å². The van der Waals surface area contributed by atoms with E-state index in [9.17, 15) is 4.79 Å². The zero-order chi connectivity index (χ0) is 11.8. The highest BCUT2D eigenvalue weighted by Crippen LogP contribution is 2.31. The molecule has 0 unspecified atom stereocenters. The van der Waals surface area contributed by atoms with Gasteiger partial charge in [0.2, 0.25) is 5.91 Å². The predicted molar refractivity (Wildman–Crippen MR) is 74.3 cm³/mol. The van der Waals surface area contributed by atoms with Crippen molar-refractivity contribution in [1.82, 2.24) is 5.32 Å². The normalized spacial score (nSPS) is 23.9. The Morgan fingerprint density at radius 2 is 1.82 bits per heavy atom. The minimum Gasteiger partial charge on any atom is -0.355 e. The van der Waals surface area contributed by atoms with E-state index >= 15 is 0 Å². The van der Waals surface area contributed by atoms with Gasteiger partial charge in [0.15, 0.2) is 0 Å². The lowest BCUT2D eigenvalue weighted by molar-refractivity contribution is -0.119. The molecule has 1 rings (SSSR count). The van der Waals surface area contributed by atoms with E-state index in [1.165, 1.54) is 44.9 Å². The molecule has 3 nitrogen and oxygen atoms in total. The molecule has 0 atom stereocenters. The van der Waals surface area contributed by atoms with E-state index in [0.717, 1.165) is 12.5 Å². The van der Waals surface area contributed by atoms with Crippen LogP contribution in [0.3, 0.4) is 0 Å². The smallest absolute Gasteiger partial charge is 0.233 e. The summed E-state index contributed by atoms with van der Waals surface area (Å²) in [4.78, 5) is 11.0. The SMILES string of the molecule is CCCCC1CCC(CNC(=O)CN)CC1.Cl. The van der Waals surface area contributed by atoms with Crippen molar-refractivity contribution in [3.05, 3.63) is 0 Å². The van der Waals surface area contributed by atoms with Crippen LogP contribution in [0.5, 0.6) is 0 Å². The number of nitrogens with two attached hydrogens (primary N) is 1. The van der Waals surface area contributed by atoms with Gasteiger partial charge in [0.1, 0.15) is 0 Å². The summed E-state index contributed by atoms with van der Waals surface area (Å²) in [5.74, 6) is 1.61. The number of unbranched alkanes of at least 4 members (excludes halogenated alkanes) is 1. The maximum atomic E-state index is 11.0. The Balaban J connectivity index is 0.00000256. The summed E-state index contributed by atoms with van der Waals surface area (Å²) < 4.78 is 0. The van der Waals surface area contributed by atoms with Crippen molar-refractivity contribution < 1.29 is 4.79 Å². The predicted octanol–water partition coefficient (Wildman–Crippen LogP) is 2.48. The number of nitrogens with one attached hydrogen (secondary N) is 1. The van der Waals surface area contributed by atoms with Crippen LogP contribution in [0.25, 0.3) is 0 Å². The standard InChI is InChI=1S/C13H26N2O.ClH/c1-2-3-4-11-5-7-12(8-6-11)10-15-13(16)9-14;/h11-12H,2-10,14H2,1H3,(H,15,16);1H. The molecule has 0 spiro atoms. The van der Waals surface area contributed by atoms with Gasteiger partial charge < -0.3 is 11.1 Å². The van der Waals surface area contributed by atoms with Gasteiger partial charge in [0.25, 0.3) is 0 Å². The zero-order valence-electron chi connectivity index (χ0n) is 10.9. The molecule has 0 aromatic heterocycles. The summed E-state index contributed by atoms with van der Waals surface area (Å²) >= 11 is 0. The fraction of sp³-hybridized carbons (Fsp3) is 0.923. The van der Waals surface area contributed by atoms with Crippen LogP contribution >= 0.6 is 12.4 Å². The topological polar surface area (TPSA) is 55.1 Å². The second-order valence-corrected chi connectivity index (χ2v) is 5.04. The molecule has 0 bridgehead atoms. The van der Waals surface area contributed by atoms with Crippen molar-refractivity contribution in [1.29, 1.82) is 0 Å². The number of carbonyl (C=O) groups is 1. The maximum Gasteiger partial charge on any atom is 0.233 e. The van der Waals surface area contributed by atoms with E-state index in [0.29, 0.717) is 5.92 Å². The molecule has 0 aromatic rings. The minimum atomic E-state index is -0.0203. The van der Waals surface area contributed by atoms with Gasteiger partial charge in [-0.25, -0.2) is 0 Å². The van der Waals surface area contributed by atoms with Gasteiger partial charge >= 0.3 is 0 Å². The summed E-state index contributed by atoms with van der Waals surface area (Å²) in [6.45, 7) is 3.20. The first-order chi connectivity index (χ1) is 7.76. The molecule has 1 aliphatic rings. The summed E-state index contributed by atoms with van der Waals surface area (Å²) in [7, 11) is 0. The van der Waals surface area contributed by atoms with Crippen LogP contribution in [0.4, 0.5) is 0 Å². The highest BCUT2D eigenvalue weighted by Gasteiger charge is 2.20. The van der Waals surface area contributed by atoms with Crippen molar-refractivity contribution >= 4 is 18.3 Å². The van der Waals surface area contributed by atoms with Gasteiger partial charge in [-0.3, -0.25) is 4.79 Å². The summed E-state index contributed by atoms with van der Waals surface area (Å²) in [5, 5.41) is 2.90. The Bertz CT molecular complexity index is 204. The van der Waals surface area contributed by atoms with Crippen LogP contribution in [0.2, 0.25) is 0 Å². The van der Waals surface area contributed by atoms with Crippen molar-refractivity contribution in [3.8, 4) is 0 Å². The quantitative estimate of drug-likeness (QED) is 0.773. The molecule has 1 aliphatic carbocycles. The lowest BCUT2D eigenvalue weighted by atomic mass is 9.80. The first-order valence-corrected chi connectivity index (χ1v) is 6.73. The van der Waals surface area contributed by atoms with E-state index in [4.69, 9.17) is 5.73 Å². The first-order valence-electron chi connectivity index (χ1n) is 6.73. The highest BCUT2D eigenvalue weighted by atomic mass is 35.5. The van der Waals surface area contributed by atoms with E-state index in [1.54, 1.807) is 0 Å². The molecule has 3 N–H and O–H groups in total. The zero-order valence-corrected chi connectivity index (χ0v) is 11.7. The van der Waals surface area contributed by atoms with Gasteiger partial charge in [-0.2, -0.15) is 0 Å². The van der Waals surface area contributed by atoms with Crippen LogP contribution in [0.1, 0.15) is 51.9 Å². The van der Waals surface area contributed by atoms with Crippen LogP contribution in [0.15, 0.2) is 0 Å². The third-order valence-corrected chi connectivity index (χ3v) is 3.71. The molecular formula is C13H27ClN2O. The fourth-order valence-corrected chi connectivity index (χ4v) is 2.55. The van der Waals surface area contributed by atoms with Gasteiger partial charge in [0, 0.05) is 6.54 Å². The Labute approximate surface area is 111 Å². The van der Waals surface area contributed by atoms with Gasteiger partial charge in [-0.1, -0.05) is 39.0 Å². The Morgan fingerprint density at radius 1 is 1.24 bits per heavy atom. The van der Waals surface area contributed by atoms with Crippen molar-refractivity contribution in [3.63, 3.8) is 0 Å². The average Bonchev–Trinajstić information content (AvgIpc) is 2.34.